The zero-order valence-corrected chi connectivity index (χ0v) is 14.5. The monoisotopic (exact) mass is 327 g/mol. The molecule has 0 radical (unpaired) electrons. The summed E-state index contributed by atoms with van der Waals surface area (Å²) in [5.74, 6) is 1.03. The summed E-state index contributed by atoms with van der Waals surface area (Å²) in [7, 11) is 0. The highest BCUT2D eigenvalue weighted by Crippen LogP contribution is 2.27. The lowest BCUT2D eigenvalue weighted by molar-refractivity contribution is 0.0915. The van der Waals surface area contributed by atoms with Gasteiger partial charge in [-0.25, -0.2) is 0 Å². The number of hydrogen-bond acceptors (Lipinski definition) is 3. The van der Waals surface area contributed by atoms with Gasteiger partial charge in [0.25, 0.3) is 0 Å². The number of nitrogens with zero attached hydrogens (tertiary/aromatic N) is 2. The molecule has 24 heavy (non-hydrogen) atoms. The molecule has 0 unspecified atom stereocenters. The van der Waals surface area contributed by atoms with Crippen LogP contribution in [0.4, 0.5) is 0 Å². The van der Waals surface area contributed by atoms with Crippen molar-refractivity contribution in [3.63, 3.8) is 0 Å². The van der Waals surface area contributed by atoms with Gasteiger partial charge in [-0.1, -0.05) is 12.5 Å². The van der Waals surface area contributed by atoms with Crippen molar-refractivity contribution in [1.82, 2.24) is 14.8 Å². The number of likely N-dealkylation sites (tertiary alicyclic amines) is 2. The SMILES string of the molecule is c1cc(OC2CCN(CCN3CCCCC3)CC2)c2cc[nH]c2c1. The molecule has 3 heterocycles. The van der Waals surface area contributed by atoms with E-state index in [4.69, 9.17) is 4.74 Å². The first-order chi connectivity index (χ1) is 11.9. The summed E-state index contributed by atoms with van der Waals surface area (Å²) in [6.45, 7) is 7.41. The number of aromatic amines is 1. The van der Waals surface area contributed by atoms with E-state index in [1.165, 1.54) is 63.9 Å². The van der Waals surface area contributed by atoms with Crippen molar-refractivity contribution >= 4 is 10.9 Å². The molecule has 4 rings (SSSR count). The van der Waals surface area contributed by atoms with E-state index in [1.807, 2.05) is 6.20 Å². The summed E-state index contributed by atoms with van der Waals surface area (Å²) >= 11 is 0. The molecule has 130 valence electrons. The third kappa shape index (κ3) is 3.76. The largest absolute Gasteiger partial charge is 0.490 e. The van der Waals surface area contributed by atoms with Crippen LogP contribution in [0.2, 0.25) is 0 Å². The Kier molecular flexibility index (Phi) is 5.04. The van der Waals surface area contributed by atoms with Crippen LogP contribution in [-0.4, -0.2) is 60.2 Å². The Morgan fingerprint density at radius 2 is 1.67 bits per heavy atom. The molecule has 0 aliphatic carbocycles. The number of aromatic nitrogens is 1. The van der Waals surface area contributed by atoms with Gasteiger partial charge >= 0.3 is 0 Å². The normalized spacial score (nSPS) is 21.3. The molecule has 0 spiro atoms. The van der Waals surface area contributed by atoms with Crippen LogP contribution in [0, 0.1) is 0 Å². The molecule has 1 N–H and O–H groups in total. The third-order valence-electron chi connectivity index (χ3n) is 5.56. The topological polar surface area (TPSA) is 31.5 Å². The first kappa shape index (κ1) is 16.0. The number of piperidine rings is 2. The van der Waals surface area contributed by atoms with E-state index >= 15 is 0 Å². The second-order valence-electron chi connectivity index (χ2n) is 7.26. The molecule has 0 bridgehead atoms. The van der Waals surface area contributed by atoms with Crippen LogP contribution in [0.25, 0.3) is 10.9 Å². The molecule has 2 aliphatic rings. The molecule has 2 aromatic rings. The Balaban J connectivity index is 1.25. The highest BCUT2D eigenvalue weighted by Gasteiger charge is 2.21. The van der Waals surface area contributed by atoms with Crippen molar-refractivity contribution < 1.29 is 4.74 Å². The fourth-order valence-corrected chi connectivity index (χ4v) is 4.06. The maximum absolute atomic E-state index is 6.31. The summed E-state index contributed by atoms with van der Waals surface area (Å²) in [6.07, 6.45) is 8.83. The van der Waals surface area contributed by atoms with Gasteiger partial charge < -0.3 is 19.5 Å². The van der Waals surface area contributed by atoms with Gasteiger partial charge in [-0.15, -0.1) is 0 Å². The van der Waals surface area contributed by atoms with Crippen LogP contribution < -0.4 is 4.74 Å². The Bertz CT molecular complexity index is 639. The summed E-state index contributed by atoms with van der Waals surface area (Å²) in [4.78, 5) is 8.51. The lowest BCUT2D eigenvalue weighted by Crippen LogP contribution is -2.43. The second kappa shape index (κ2) is 7.58. The number of fused-ring (bicyclic) bond motifs is 1. The minimum Gasteiger partial charge on any atom is -0.490 e. The second-order valence-corrected chi connectivity index (χ2v) is 7.26. The average Bonchev–Trinajstić information content (AvgIpc) is 3.12. The lowest BCUT2D eigenvalue weighted by Gasteiger charge is -2.34. The van der Waals surface area contributed by atoms with E-state index in [9.17, 15) is 0 Å². The smallest absolute Gasteiger partial charge is 0.129 e. The van der Waals surface area contributed by atoms with Gasteiger partial charge in [0.1, 0.15) is 11.9 Å². The molecule has 0 saturated carbocycles. The maximum atomic E-state index is 6.31. The van der Waals surface area contributed by atoms with Gasteiger partial charge in [0.05, 0.1) is 0 Å². The van der Waals surface area contributed by atoms with Crippen LogP contribution >= 0.6 is 0 Å². The van der Waals surface area contributed by atoms with E-state index in [0.29, 0.717) is 6.10 Å². The maximum Gasteiger partial charge on any atom is 0.129 e. The Labute approximate surface area is 144 Å². The van der Waals surface area contributed by atoms with Crippen LogP contribution in [-0.2, 0) is 0 Å². The predicted octanol–water partition coefficient (Wildman–Crippen LogP) is 3.50. The Morgan fingerprint density at radius 3 is 2.46 bits per heavy atom. The summed E-state index contributed by atoms with van der Waals surface area (Å²) in [5, 5.41) is 1.20. The molecule has 0 amide bonds. The molecule has 0 atom stereocenters. The van der Waals surface area contributed by atoms with E-state index in [1.54, 1.807) is 0 Å². The average molecular weight is 327 g/mol. The Morgan fingerprint density at radius 1 is 0.917 bits per heavy atom. The van der Waals surface area contributed by atoms with Gasteiger partial charge in [0.15, 0.2) is 0 Å². The molecule has 4 heteroatoms. The molecule has 2 saturated heterocycles. The first-order valence-electron chi connectivity index (χ1n) is 9.56. The summed E-state index contributed by atoms with van der Waals surface area (Å²) in [6, 6.07) is 8.38. The summed E-state index contributed by atoms with van der Waals surface area (Å²) in [5.41, 5.74) is 1.16. The van der Waals surface area contributed by atoms with E-state index in [2.05, 4.69) is 39.0 Å². The number of H-pyrrole nitrogens is 1. The highest BCUT2D eigenvalue weighted by atomic mass is 16.5. The predicted molar refractivity (Wildman–Crippen MR) is 98.7 cm³/mol. The number of hydrogen-bond donors (Lipinski definition) is 1. The van der Waals surface area contributed by atoms with E-state index < -0.39 is 0 Å². The van der Waals surface area contributed by atoms with Gasteiger partial charge in [-0.3, -0.25) is 0 Å². The molecule has 2 aliphatic heterocycles. The van der Waals surface area contributed by atoms with Gasteiger partial charge in [0.2, 0.25) is 0 Å². The fraction of sp³-hybridized carbons (Fsp3) is 0.600. The van der Waals surface area contributed by atoms with Gasteiger partial charge in [0, 0.05) is 43.3 Å². The van der Waals surface area contributed by atoms with Crippen LogP contribution in [0.15, 0.2) is 30.5 Å². The highest BCUT2D eigenvalue weighted by molar-refractivity contribution is 5.85. The molecule has 1 aromatic heterocycles. The standard InChI is InChI=1S/C20H29N3O/c1-2-11-22(12-3-1)15-16-23-13-8-17(9-14-23)24-20-6-4-5-19-18(20)7-10-21-19/h4-7,10,17,21H,1-3,8-9,11-16H2. The van der Waals surface area contributed by atoms with Gasteiger partial charge in [-0.2, -0.15) is 0 Å². The number of rotatable bonds is 5. The molecular formula is C20H29N3O. The minimum atomic E-state index is 0.358. The van der Waals surface area contributed by atoms with Crippen molar-refractivity contribution in [2.45, 2.75) is 38.2 Å². The lowest BCUT2D eigenvalue weighted by atomic mass is 10.1. The molecule has 1 aromatic carbocycles. The number of ether oxygens (including phenoxy) is 1. The van der Waals surface area contributed by atoms with Crippen LogP contribution in [0.1, 0.15) is 32.1 Å². The van der Waals surface area contributed by atoms with Crippen molar-refractivity contribution in [1.29, 1.82) is 0 Å². The Hall–Kier alpha value is -1.52. The third-order valence-corrected chi connectivity index (χ3v) is 5.56. The van der Waals surface area contributed by atoms with Crippen LogP contribution in [0.3, 0.4) is 0 Å². The van der Waals surface area contributed by atoms with E-state index in [-0.39, 0.29) is 0 Å². The molecule has 4 nitrogen and oxygen atoms in total. The van der Waals surface area contributed by atoms with Crippen molar-refractivity contribution in [2.75, 3.05) is 39.3 Å². The minimum absolute atomic E-state index is 0.358. The van der Waals surface area contributed by atoms with Gasteiger partial charge in [-0.05, 0) is 57.0 Å². The first-order valence-corrected chi connectivity index (χ1v) is 9.56. The molecular weight excluding hydrogens is 298 g/mol. The zero-order valence-electron chi connectivity index (χ0n) is 14.5. The zero-order chi connectivity index (χ0) is 16.2. The van der Waals surface area contributed by atoms with E-state index in [0.717, 1.165) is 24.1 Å². The van der Waals surface area contributed by atoms with Crippen molar-refractivity contribution in [2.24, 2.45) is 0 Å². The quantitative estimate of drug-likeness (QED) is 0.912. The summed E-state index contributed by atoms with van der Waals surface area (Å²) < 4.78 is 6.31. The number of benzene rings is 1. The van der Waals surface area contributed by atoms with Crippen LogP contribution in [0.5, 0.6) is 5.75 Å². The fourth-order valence-electron chi connectivity index (χ4n) is 4.06. The molecule has 2 fully saturated rings. The number of nitrogens with one attached hydrogen (secondary N) is 1. The van der Waals surface area contributed by atoms with Crippen molar-refractivity contribution in [3.05, 3.63) is 30.5 Å². The van der Waals surface area contributed by atoms with Crippen molar-refractivity contribution in [3.8, 4) is 5.75 Å².